The van der Waals surface area contributed by atoms with Crippen molar-refractivity contribution in [2.24, 2.45) is 0 Å². The highest BCUT2D eigenvalue weighted by Gasteiger charge is 2.25. The normalized spacial score (nSPS) is 12.9. The Hall–Kier alpha value is 0.500. The van der Waals surface area contributed by atoms with E-state index in [1.54, 1.807) is 0 Å². The van der Waals surface area contributed by atoms with Crippen LogP contribution in [0, 0.1) is 0 Å². The van der Waals surface area contributed by atoms with E-state index in [2.05, 4.69) is 20.8 Å². The van der Waals surface area contributed by atoms with E-state index in [1.807, 2.05) is 0 Å². The van der Waals surface area contributed by atoms with E-state index in [9.17, 15) is 5.11 Å². The summed E-state index contributed by atoms with van der Waals surface area (Å²) in [6.07, 6.45) is 14.9. The van der Waals surface area contributed by atoms with Crippen molar-refractivity contribution in [2.45, 2.75) is 97.5 Å². The van der Waals surface area contributed by atoms with Crippen LogP contribution in [-0.4, -0.2) is 47.8 Å². The minimum absolute atomic E-state index is 0. The van der Waals surface area contributed by atoms with Gasteiger partial charge in [0.2, 0.25) is 0 Å². The molecule has 0 bridgehead atoms. The van der Waals surface area contributed by atoms with E-state index in [0.29, 0.717) is 5.88 Å². The first-order valence-corrected chi connectivity index (χ1v) is 10.8. The van der Waals surface area contributed by atoms with Crippen LogP contribution in [0.3, 0.4) is 0 Å². The highest BCUT2D eigenvalue weighted by atomic mass is 35.5. The number of hydrogen-bond donors (Lipinski definition) is 1. The number of quaternary nitrogens is 1. The maximum atomic E-state index is 9.89. The molecule has 0 amide bonds. The van der Waals surface area contributed by atoms with Crippen molar-refractivity contribution < 1.29 is 22.0 Å². The largest absolute Gasteiger partial charge is 1.00 e. The van der Waals surface area contributed by atoms with Crippen LogP contribution in [0.15, 0.2) is 0 Å². The van der Waals surface area contributed by atoms with Gasteiger partial charge in [0.25, 0.3) is 0 Å². The standard InChI is InChI=1S/C20H43ClNO.ClH/c1-4-7-8-9-10-11-12-13-14-15-16-17-22(5-2,6-3)19-20(23)18-21;/h20,23H,4-19H2,1-3H3;1H/q+1;/p-1. The highest BCUT2D eigenvalue weighted by molar-refractivity contribution is 6.18. The van der Waals surface area contributed by atoms with Crippen LogP contribution < -0.4 is 12.4 Å². The molecule has 1 atom stereocenters. The summed E-state index contributed by atoms with van der Waals surface area (Å²) in [5, 5.41) is 9.89. The van der Waals surface area contributed by atoms with Crippen molar-refractivity contribution in [1.29, 1.82) is 0 Å². The van der Waals surface area contributed by atoms with E-state index in [0.717, 1.165) is 24.1 Å². The lowest BCUT2D eigenvalue weighted by Crippen LogP contribution is -3.00. The molecule has 0 saturated heterocycles. The second-order valence-electron chi connectivity index (χ2n) is 7.22. The molecule has 0 aliphatic carbocycles. The van der Waals surface area contributed by atoms with E-state index in [-0.39, 0.29) is 18.5 Å². The molecule has 0 aromatic carbocycles. The minimum atomic E-state index is -0.357. The van der Waals surface area contributed by atoms with Gasteiger partial charge in [-0.1, -0.05) is 64.7 Å². The summed E-state index contributed by atoms with van der Waals surface area (Å²) < 4.78 is 1.02. The lowest BCUT2D eigenvalue weighted by Gasteiger charge is -2.38. The molecule has 1 unspecified atom stereocenters. The fourth-order valence-corrected chi connectivity index (χ4v) is 3.59. The highest BCUT2D eigenvalue weighted by Crippen LogP contribution is 2.15. The fraction of sp³-hybridized carbons (Fsp3) is 1.00. The van der Waals surface area contributed by atoms with Crippen LogP contribution in [0.4, 0.5) is 0 Å². The molecule has 0 spiro atoms. The number of unbranched alkanes of at least 4 members (excludes halogenated alkanes) is 10. The molecule has 1 N–H and O–H groups in total. The number of rotatable bonds is 17. The Kier molecular flexibility index (Phi) is 20.4. The zero-order chi connectivity index (χ0) is 17.4. The molecule has 148 valence electrons. The summed E-state index contributed by atoms with van der Waals surface area (Å²) >= 11 is 5.78. The molecule has 2 nitrogen and oxygen atoms in total. The maximum absolute atomic E-state index is 9.89. The van der Waals surface area contributed by atoms with E-state index >= 15 is 0 Å². The van der Waals surface area contributed by atoms with Gasteiger partial charge in [0, 0.05) is 0 Å². The number of nitrogens with zero attached hydrogens (tertiary/aromatic N) is 1. The first kappa shape index (κ1) is 26.7. The Labute approximate surface area is 163 Å². The predicted molar refractivity (Wildman–Crippen MR) is 104 cm³/mol. The number of aliphatic hydroxyl groups excluding tert-OH is 1. The SMILES string of the molecule is CCCCCCCCCCCCC[N+](CC)(CC)CC(O)CCl.[Cl-]. The molecule has 4 heteroatoms. The van der Waals surface area contributed by atoms with Crippen molar-refractivity contribution in [2.75, 3.05) is 32.1 Å². The third-order valence-corrected chi connectivity index (χ3v) is 5.71. The first-order chi connectivity index (χ1) is 11.1. The van der Waals surface area contributed by atoms with E-state index < -0.39 is 0 Å². The molecule has 0 aliphatic rings. The topological polar surface area (TPSA) is 20.2 Å². The lowest BCUT2D eigenvalue weighted by molar-refractivity contribution is -0.927. The predicted octanol–water partition coefficient (Wildman–Crippen LogP) is 2.76. The first-order valence-electron chi connectivity index (χ1n) is 10.2. The minimum Gasteiger partial charge on any atom is -1.00 e. The molecular weight excluding hydrogens is 341 g/mol. The molecule has 0 aliphatic heterocycles. The van der Waals surface area contributed by atoms with Gasteiger partial charge in [0.05, 0.1) is 25.5 Å². The Balaban J connectivity index is 0. The Morgan fingerprint density at radius 1 is 0.750 bits per heavy atom. The molecule has 0 heterocycles. The van der Waals surface area contributed by atoms with Gasteiger partial charge in [0.1, 0.15) is 12.6 Å². The summed E-state index contributed by atoms with van der Waals surface area (Å²) in [6.45, 7) is 11.0. The van der Waals surface area contributed by atoms with Crippen molar-refractivity contribution >= 4 is 11.6 Å². The quantitative estimate of drug-likeness (QED) is 0.232. The Morgan fingerprint density at radius 3 is 1.54 bits per heavy atom. The van der Waals surface area contributed by atoms with Gasteiger partial charge in [-0.25, -0.2) is 0 Å². The Morgan fingerprint density at radius 2 is 1.17 bits per heavy atom. The number of halogens is 2. The van der Waals surface area contributed by atoms with Crippen LogP contribution in [-0.2, 0) is 0 Å². The van der Waals surface area contributed by atoms with Crippen LogP contribution in [0.2, 0.25) is 0 Å². The fourth-order valence-electron chi connectivity index (χ4n) is 3.50. The van der Waals surface area contributed by atoms with Crippen molar-refractivity contribution in [3.63, 3.8) is 0 Å². The van der Waals surface area contributed by atoms with Gasteiger partial charge in [-0.15, -0.1) is 11.6 Å². The summed E-state index contributed by atoms with van der Waals surface area (Å²) in [5.41, 5.74) is 0. The zero-order valence-corrected chi connectivity index (χ0v) is 18.1. The molecule has 0 aromatic rings. The van der Waals surface area contributed by atoms with Crippen molar-refractivity contribution in [1.82, 2.24) is 0 Å². The smallest absolute Gasteiger partial charge is 0.116 e. The monoisotopic (exact) mass is 383 g/mol. The molecule has 0 saturated carbocycles. The third-order valence-electron chi connectivity index (χ3n) is 5.35. The van der Waals surface area contributed by atoms with Gasteiger partial charge >= 0.3 is 0 Å². The summed E-state index contributed by atoms with van der Waals surface area (Å²) in [7, 11) is 0. The van der Waals surface area contributed by atoms with Crippen LogP contribution in [0.25, 0.3) is 0 Å². The van der Waals surface area contributed by atoms with E-state index in [1.165, 1.54) is 77.2 Å². The Bertz CT molecular complexity index is 248. The lowest BCUT2D eigenvalue weighted by atomic mass is 10.1. The van der Waals surface area contributed by atoms with Crippen LogP contribution in [0.1, 0.15) is 91.4 Å². The molecule has 0 aromatic heterocycles. The number of hydrogen-bond acceptors (Lipinski definition) is 1. The second-order valence-corrected chi connectivity index (χ2v) is 7.53. The average molecular weight is 384 g/mol. The average Bonchev–Trinajstić information content (AvgIpc) is 2.58. The van der Waals surface area contributed by atoms with Crippen molar-refractivity contribution in [3.8, 4) is 0 Å². The van der Waals surface area contributed by atoms with E-state index in [4.69, 9.17) is 11.6 Å². The second kappa shape index (κ2) is 18.3. The maximum Gasteiger partial charge on any atom is 0.116 e. The summed E-state index contributed by atoms with van der Waals surface area (Å²) in [4.78, 5) is 0. The summed E-state index contributed by atoms with van der Waals surface area (Å²) in [5.74, 6) is 0.359. The number of alkyl halides is 1. The van der Waals surface area contributed by atoms with Gasteiger partial charge in [-0.2, -0.15) is 0 Å². The number of aliphatic hydroxyl groups is 1. The van der Waals surface area contributed by atoms with Crippen LogP contribution >= 0.6 is 11.6 Å². The van der Waals surface area contributed by atoms with Gasteiger partial charge in [0.15, 0.2) is 0 Å². The molecule has 0 fully saturated rings. The van der Waals surface area contributed by atoms with Gasteiger partial charge < -0.3 is 22.0 Å². The molecule has 0 radical (unpaired) electrons. The molecule has 0 rings (SSSR count). The van der Waals surface area contributed by atoms with Crippen LogP contribution in [0.5, 0.6) is 0 Å². The summed E-state index contributed by atoms with van der Waals surface area (Å²) in [6, 6.07) is 0. The molecular formula is C20H43Cl2NO. The third kappa shape index (κ3) is 13.8. The van der Waals surface area contributed by atoms with Crippen molar-refractivity contribution in [3.05, 3.63) is 0 Å². The van der Waals surface area contributed by atoms with Gasteiger partial charge in [-0.05, 0) is 26.7 Å². The zero-order valence-electron chi connectivity index (χ0n) is 16.5. The molecule has 24 heavy (non-hydrogen) atoms. The number of likely N-dealkylation sites (N-methyl/N-ethyl adjacent to an activating group) is 1. The van der Waals surface area contributed by atoms with Gasteiger partial charge in [-0.3, -0.25) is 0 Å².